The molecule has 1 aliphatic heterocycles. The van der Waals surface area contributed by atoms with Crippen molar-refractivity contribution in [3.05, 3.63) is 35.4 Å². The number of carbonyl (C=O) groups excluding carboxylic acids is 1. The molecule has 1 fully saturated rings. The van der Waals surface area contributed by atoms with Crippen LogP contribution in [0.1, 0.15) is 95.5 Å². The number of amides is 1. The summed E-state index contributed by atoms with van der Waals surface area (Å²) in [4.78, 5) is 16.0. The van der Waals surface area contributed by atoms with E-state index in [0.29, 0.717) is 5.92 Å². The van der Waals surface area contributed by atoms with Crippen LogP contribution in [0.15, 0.2) is 24.3 Å². The largest absolute Gasteiger partial charge is 0.328 e. The molecule has 140 valence electrons. The third kappa shape index (κ3) is 3.78. The lowest BCUT2D eigenvalue weighted by Gasteiger charge is -2.59. The predicted octanol–water partition coefficient (Wildman–Crippen LogP) is 6.37. The van der Waals surface area contributed by atoms with Gasteiger partial charge in [-0.05, 0) is 64.5 Å². The van der Waals surface area contributed by atoms with Gasteiger partial charge in [-0.3, -0.25) is 4.79 Å². The monoisotopic (exact) mass is 343 g/mol. The Kier molecular flexibility index (Phi) is 6.35. The maximum absolute atomic E-state index is 13.7. The van der Waals surface area contributed by atoms with Crippen molar-refractivity contribution < 1.29 is 4.79 Å². The molecule has 0 bridgehead atoms. The maximum Gasteiger partial charge on any atom is 0.254 e. The van der Waals surface area contributed by atoms with Crippen molar-refractivity contribution in [2.75, 3.05) is 0 Å². The lowest BCUT2D eigenvalue weighted by Crippen LogP contribution is -2.66. The van der Waals surface area contributed by atoms with Gasteiger partial charge in [0.15, 0.2) is 0 Å². The van der Waals surface area contributed by atoms with Gasteiger partial charge in [0.05, 0.1) is 0 Å². The predicted molar refractivity (Wildman–Crippen MR) is 107 cm³/mol. The summed E-state index contributed by atoms with van der Waals surface area (Å²) < 4.78 is 0. The van der Waals surface area contributed by atoms with E-state index in [9.17, 15) is 4.79 Å². The highest BCUT2D eigenvalue weighted by Gasteiger charge is 2.52. The fourth-order valence-electron chi connectivity index (χ4n) is 5.25. The zero-order chi connectivity index (χ0) is 18.7. The first-order valence-electron chi connectivity index (χ1n) is 10.2. The fourth-order valence-corrected chi connectivity index (χ4v) is 5.25. The summed E-state index contributed by atoms with van der Waals surface area (Å²) in [7, 11) is 0. The molecule has 0 aliphatic carbocycles. The van der Waals surface area contributed by atoms with Crippen LogP contribution in [-0.4, -0.2) is 21.9 Å². The second kappa shape index (κ2) is 7.93. The molecule has 0 spiro atoms. The first-order valence-corrected chi connectivity index (χ1v) is 10.2. The summed E-state index contributed by atoms with van der Waals surface area (Å²) in [6.07, 6.45) is 7.91. The highest BCUT2D eigenvalue weighted by atomic mass is 16.2. The van der Waals surface area contributed by atoms with Gasteiger partial charge in [0.25, 0.3) is 5.91 Å². The molecule has 25 heavy (non-hydrogen) atoms. The van der Waals surface area contributed by atoms with Crippen LogP contribution in [0.4, 0.5) is 0 Å². The van der Waals surface area contributed by atoms with E-state index in [0.717, 1.165) is 44.1 Å². The summed E-state index contributed by atoms with van der Waals surface area (Å²) in [5.74, 6) is 0.817. The normalized spacial score (nSPS) is 29.7. The van der Waals surface area contributed by atoms with Gasteiger partial charge in [0, 0.05) is 16.6 Å². The summed E-state index contributed by atoms with van der Waals surface area (Å²) in [5, 5.41) is 0. The molecule has 1 aliphatic rings. The Labute approximate surface area is 155 Å². The van der Waals surface area contributed by atoms with Crippen LogP contribution in [-0.2, 0) is 0 Å². The van der Waals surface area contributed by atoms with Crippen molar-refractivity contribution in [2.45, 2.75) is 97.6 Å². The highest BCUT2D eigenvalue weighted by Crippen LogP contribution is 2.48. The van der Waals surface area contributed by atoms with Gasteiger partial charge >= 0.3 is 0 Å². The number of likely N-dealkylation sites (tertiary alicyclic amines) is 1. The van der Waals surface area contributed by atoms with Gasteiger partial charge in [-0.25, -0.2) is 0 Å². The lowest BCUT2D eigenvalue weighted by atomic mass is 9.66. The van der Waals surface area contributed by atoms with Crippen LogP contribution < -0.4 is 0 Å². The Hall–Kier alpha value is -1.31. The molecule has 3 unspecified atom stereocenters. The van der Waals surface area contributed by atoms with Gasteiger partial charge in [-0.2, -0.15) is 0 Å². The molecule has 3 atom stereocenters. The molecule has 0 aromatic heterocycles. The molecule has 1 aromatic rings. The van der Waals surface area contributed by atoms with Crippen LogP contribution >= 0.6 is 0 Å². The average Bonchev–Trinajstić information content (AvgIpc) is 2.55. The van der Waals surface area contributed by atoms with Crippen molar-refractivity contribution in [2.24, 2.45) is 5.92 Å². The maximum atomic E-state index is 13.7. The number of piperidine rings is 1. The molecule has 2 heteroatoms. The van der Waals surface area contributed by atoms with Gasteiger partial charge in [0.2, 0.25) is 0 Å². The molecular formula is C23H37NO. The van der Waals surface area contributed by atoms with Crippen molar-refractivity contribution >= 4 is 5.91 Å². The molecule has 1 saturated heterocycles. The van der Waals surface area contributed by atoms with Crippen LogP contribution in [0.5, 0.6) is 0 Å². The Balaban J connectivity index is 2.52. The zero-order valence-corrected chi connectivity index (χ0v) is 17.2. The fraction of sp³-hybridized carbons (Fsp3) is 0.696. The summed E-state index contributed by atoms with van der Waals surface area (Å²) in [6, 6.07) is 8.13. The van der Waals surface area contributed by atoms with E-state index in [-0.39, 0.29) is 17.0 Å². The van der Waals surface area contributed by atoms with E-state index >= 15 is 0 Å². The molecule has 1 amide bonds. The van der Waals surface area contributed by atoms with Gasteiger partial charge in [-0.1, -0.05) is 57.7 Å². The second-order valence-electron chi connectivity index (χ2n) is 8.50. The molecule has 0 N–H and O–H groups in total. The third-order valence-corrected chi connectivity index (χ3v) is 6.50. The van der Waals surface area contributed by atoms with E-state index < -0.39 is 0 Å². The number of nitrogens with zero attached hydrogens (tertiary/aromatic N) is 1. The summed E-state index contributed by atoms with van der Waals surface area (Å²) >= 11 is 0. The van der Waals surface area contributed by atoms with Crippen molar-refractivity contribution in [3.8, 4) is 0 Å². The van der Waals surface area contributed by atoms with E-state index in [4.69, 9.17) is 0 Å². The van der Waals surface area contributed by atoms with Crippen molar-refractivity contribution in [3.63, 3.8) is 0 Å². The molecule has 2 nitrogen and oxygen atoms in total. The first-order chi connectivity index (χ1) is 11.8. The van der Waals surface area contributed by atoms with Gasteiger partial charge in [-0.15, -0.1) is 0 Å². The molecule has 0 saturated carbocycles. The van der Waals surface area contributed by atoms with Crippen LogP contribution in [0.25, 0.3) is 0 Å². The zero-order valence-electron chi connectivity index (χ0n) is 17.2. The Morgan fingerprint density at radius 2 is 1.68 bits per heavy atom. The lowest BCUT2D eigenvalue weighted by molar-refractivity contribution is -0.0669. The third-order valence-electron chi connectivity index (χ3n) is 6.50. The SMILES string of the molecule is CCCC1(C)CCC(CC)C(C)(CCC)N1C(=O)c1ccc(C)cc1. The number of hydrogen-bond acceptors (Lipinski definition) is 1. The quantitative estimate of drug-likeness (QED) is 0.587. The Bertz CT molecular complexity index is 578. The topological polar surface area (TPSA) is 20.3 Å². The molecule has 1 aromatic carbocycles. The minimum Gasteiger partial charge on any atom is -0.328 e. The molecule has 2 rings (SSSR count). The number of rotatable bonds is 6. The number of hydrogen-bond donors (Lipinski definition) is 0. The minimum atomic E-state index is -0.0480. The number of carbonyl (C=O) groups is 1. The number of benzene rings is 1. The van der Waals surface area contributed by atoms with Gasteiger partial charge < -0.3 is 4.90 Å². The minimum absolute atomic E-state index is 0.0354. The second-order valence-corrected chi connectivity index (χ2v) is 8.50. The Morgan fingerprint density at radius 1 is 1.08 bits per heavy atom. The highest BCUT2D eigenvalue weighted by molar-refractivity contribution is 5.95. The summed E-state index contributed by atoms with van der Waals surface area (Å²) in [6.45, 7) is 13.5. The van der Waals surface area contributed by atoms with Crippen molar-refractivity contribution in [1.29, 1.82) is 0 Å². The van der Waals surface area contributed by atoms with Crippen molar-refractivity contribution in [1.82, 2.24) is 4.90 Å². The number of aryl methyl sites for hydroxylation is 1. The smallest absolute Gasteiger partial charge is 0.254 e. The van der Waals surface area contributed by atoms with Crippen LogP contribution in [0.2, 0.25) is 0 Å². The van der Waals surface area contributed by atoms with Crippen LogP contribution in [0, 0.1) is 12.8 Å². The van der Waals surface area contributed by atoms with E-state index in [2.05, 4.69) is 58.6 Å². The molecular weight excluding hydrogens is 306 g/mol. The first kappa shape index (κ1) is 20.0. The average molecular weight is 344 g/mol. The van der Waals surface area contributed by atoms with E-state index in [1.54, 1.807) is 0 Å². The summed E-state index contributed by atoms with van der Waals surface area (Å²) in [5.41, 5.74) is 1.96. The van der Waals surface area contributed by atoms with E-state index in [1.807, 2.05) is 12.1 Å². The van der Waals surface area contributed by atoms with E-state index in [1.165, 1.54) is 12.0 Å². The van der Waals surface area contributed by atoms with Gasteiger partial charge in [0.1, 0.15) is 0 Å². The van der Waals surface area contributed by atoms with Crippen LogP contribution in [0.3, 0.4) is 0 Å². The molecule has 0 radical (unpaired) electrons. The Morgan fingerprint density at radius 3 is 2.20 bits per heavy atom. The molecule has 1 heterocycles. The standard InChI is InChI=1S/C23H37NO/c1-7-15-22(5)17-14-20(9-3)23(6,16-8-2)24(22)21(25)19-12-10-18(4)11-13-19/h10-13,20H,7-9,14-17H2,1-6H3.